The lowest BCUT2D eigenvalue weighted by Crippen LogP contribution is -2.68. The molecule has 1 amide bonds. The van der Waals surface area contributed by atoms with Crippen LogP contribution < -0.4 is 5.73 Å². The highest BCUT2D eigenvalue weighted by Crippen LogP contribution is 2.40. The molecule has 4 rings (SSSR count). The van der Waals surface area contributed by atoms with Gasteiger partial charge in [-0.2, -0.15) is 14.6 Å². The molecule has 0 bridgehead atoms. The lowest BCUT2D eigenvalue weighted by Gasteiger charge is -2.48. The Hall–Kier alpha value is -2.11. The van der Waals surface area contributed by atoms with Gasteiger partial charge in [-0.3, -0.25) is 9.69 Å². The monoisotopic (exact) mass is 378 g/mol. The van der Waals surface area contributed by atoms with Crippen LogP contribution in [-0.4, -0.2) is 64.4 Å². The molecule has 0 aliphatic carbocycles. The summed E-state index contributed by atoms with van der Waals surface area (Å²) in [5.74, 6) is 0.0190. The molecule has 1 saturated heterocycles. The number of amides is 1. The molecule has 4 heterocycles. The Morgan fingerprint density at radius 3 is 3.12 bits per heavy atom. The zero-order chi connectivity index (χ0) is 17.7. The molecule has 1 fully saturated rings. The third kappa shape index (κ3) is 2.58. The second-order valence-corrected chi connectivity index (χ2v) is 7.79. The first kappa shape index (κ1) is 16.4. The summed E-state index contributed by atoms with van der Waals surface area (Å²) in [6, 6.07) is 1.25. The Morgan fingerprint density at radius 1 is 1.56 bits per heavy atom. The maximum absolute atomic E-state index is 12.0. The van der Waals surface area contributed by atoms with Crippen molar-refractivity contribution in [3.05, 3.63) is 29.4 Å². The molecule has 0 saturated carbocycles. The van der Waals surface area contributed by atoms with Gasteiger partial charge in [-0.05, 0) is 18.6 Å². The number of thioether (sulfide) groups is 2. The van der Waals surface area contributed by atoms with Crippen molar-refractivity contribution in [3.8, 4) is 0 Å². The quantitative estimate of drug-likeness (QED) is 0.433. The van der Waals surface area contributed by atoms with Crippen LogP contribution in [0.3, 0.4) is 0 Å². The SMILES string of the molecule is Cc1cc(SCC2=C(C(=O)O)N3C(=O)C(N)[C@@H]3SC2)n2ncnc2n1. The van der Waals surface area contributed by atoms with Crippen LogP contribution in [0.4, 0.5) is 0 Å². The summed E-state index contributed by atoms with van der Waals surface area (Å²) < 4.78 is 1.61. The van der Waals surface area contributed by atoms with E-state index in [9.17, 15) is 14.7 Å². The van der Waals surface area contributed by atoms with Crippen molar-refractivity contribution in [2.45, 2.75) is 23.4 Å². The Labute approximate surface area is 150 Å². The normalized spacial score (nSPS) is 23.0. The number of aryl methyl sites for hydroxylation is 1. The third-order valence-corrected chi connectivity index (χ3v) is 6.47. The fourth-order valence-corrected chi connectivity index (χ4v) is 5.34. The standard InChI is InChI=1S/C14H14N6O3S2/c1-6-2-8(20-14(18-6)16-5-17-20)24-3-7-4-25-12-9(15)11(21)19(12)10(7)13(22)23/h2,5,9,12H,3-4,15H2,1H3,(H,22,23)/t9?,12-/m0/s1. The van der Waals surface area contributed by atoms with Crippen molar-refractivity contribution < 1.29 is 14.7 Å². The lowest BCUT2D eigenvalue weighted by molar-refractivity contribution is -0.147. The van der Waals surface area contributed by atoms with E-state index in [1.807, 2.05) is 13.0 Å². The summed E-state index contributed by atoms with van der Waals surface area (Å²) in [6.45, 7) is 1.86. The highest BCUT2D eigenvalue weighted by molar-refractivity contribution is 8.01. The Kier molecular flexibility index (Phi) is 3.93. The van der Waals surface area contributed by atoms with E-state index in [-0.39, 0.29) is 17.0 Å². The molecule has 2 aromatic heterocycles. The largest absolute Gasteiger partial charge is 0.477 e. The summed E-state index contributed by atoms with van der Waals surface area (Å²) in [4.78, 5) is 33.3. The minimum atomic E-state index is -1.10. The molecule has 0 spiro atoms. The van der Waals surface area contributed by atoms with Gasteiger partial charge in [0.15, 0.2) is 0 Å². The number of carbonyl (C=O) groups excluding carboxylic acids is 1. The second-order valence-electron chi connectivity index (χ2n) is 5.69. The fourth-order valence-electron chi connectivity index (χ4n) is 2.85. The first-order valence-corrected chi connectivity index (χ1v) is 9.46. The van der Waals surface area contributed by atoms with Gasteiger partial charge in [-0.25, -0.2) is 9.78 Å². The number of aliphatic carboxylic acids is 1. The summed E-state index contributed by atoms with van der Waals surface area (Å²) >= 11 is 2.94. The number of fused-ring (bicyclic) bond motifs is 2. The molecule has 2 aliphatic rings. The first-order chi connectivity index (χ1) is 12.0. The predicted molar refractivity (Wildman–Crippen MR) is 92.0 cm³/mol. The van der Waals surface area contributed by atoms with Gasteiger partial charge in [0, 0.05) is 17.2 Å². The zero-order valence-corrected chi connectivity index (χ0v) is 14.8. The van der Waals surface area contributed by atoms with Gasteiger partial charge in [0.2, 0.25) is 5.91 Å². The fraction of sp³-hybridized carbons (Fsp3) is 0.357. The van der Waals surface area contributed by atoms with Crippen LogP contribution in [0.5, 0.6) is 0 Å². The molecular formula is C14H14N6O3S2. The van der Waals surface area contributed by atoms with E-state index in [1.165, 1.54) is 34.8 Å². The predicted octanol–water partition coefficient (Wildman–Crippen LogP) is 0.106. The second kappa shape index (κ2) is 6.00. The topological polar surface area (TPSA) is 127 Å². The van der Waals surface area contributed by atoms with E-state index >= 15 is 0 Å². The van der Waals surface area contributed by atoms with Crippen LogP contribution in [0.15, 0.2) is 28.7 Å². The van der Waals surface area contributed by atoms with Crippen LogP contribution in [0.2, 0.25) is 0 Å². The highest BCUT2D eigenvalue weighted by atomic mass is 32.2. The number of carbonyl (C=O) groups is 2. The van der Waals surface area contributed by atoms with Gasteiger partial charge in [0.05, 0.1) is 0 Å². The van der Waals surface area contributed by atoms with E-state index in [0.29, 0.717) is 22.9 Å². The average molecular weight is 378 g/mol. The number of β-lactam (4-membered cyclic amide) rings is 1. The Bertz CT molecular complexity index is 926. The van der Waals surface area contributed by atoms with E-state index in [1.54, 1.807) is 4.52 Å². The number of aromatic nitrogens is 4. The first-order valence-electron chi connectivity index (χ1n) is 7.43. The number of nitrogens with zero attached hydrogens (tertiary/aromatic N) is 5. The number of hydrogen-bond donors (Lipinski definition) is 2. The molecular weight excluding hydrogens is 364 g/mol. The maximum Gasteiger partial charge on any atom is 0.352 e. The van der Waals surface area contributed by atoms with Gasteiger partial charge >= 0.3 is 5.97 Å². The summed E-state index contributed by atoms with van der Waals surface area (Å²) in [6.07, 6.45) is 1.43. The van der Waals surface area contributed by atoms with Crippen molar-refractivity contribution in [2.75, 3.05) is 11.5 Å². The van der Waals surface area contributed by atoms with Crippen molar-refractivity contribution >= 4 is 41.2 Å². The van der Waals surface area contributed by atoms with Gasteiger partial charge in [0.25, 0.3) is 5.78 Å². The molecule has 2 aliphatic heterocycles. The maximum atomic E-state index is 12.0. The molecule has 2 aromatic rings. The van der Waals surface area contributed by atoms with Crippen LogP contribution >= 0.6 is 23.5 Å². The molecule has 9 nitrogen and oxygen atoms in total. The van der Waals surface area contributed by atoms with Crippen LogP contribution in [-0.2, 0) is 9.59 Å². The number of carboxylic acid groups (broad SMARTS) is 1. The van der Waals surface area contributed by atoms with Crippen LogP contribution in [0.25, 0.3) is 5.78 Å². The van der Waals surface area contributed by atoms with Crippen molar-refractivity contribution in [1.29, 1.82) is 0 Å². The molecule has 0 radical (unpaired) electrons. The number of rotatable bonds is 4. The Morgan fingerprint density at radius 2 is 2.36 bits per heavy atom. The number of nitrogens with two attached hydrogens (primary N) is 1. The molecule has 2 atom stereocenters. The smallest absolute Gasteiger partial charge is 0.352 e. The van der Waals surface area contributed by atoms with Crippen LogP contribution in [0.1, 0.15) is 5.69 Å². The zero-order valence-electron chi connectivity index (χ0n) is 13.1. The van der Waals surface area contributed by atoms with E-state index in [0.717, 1.165) is 10.7 Å². The van der Waals surface area contributed by atoms with Gasteiger partial charge in [-0.15, -0.1) is 23.5 Å². The minimum absolute atomic E-state index is 0.0589. The van der Waals surface area contributed by atoms with E-state index in [4.69, 9.17) is 5.73 Å². The number of carboxylic acids is 1. The molecule has 0 aromatic carbocycles. The summed E-state index contributed by atoms with van der Waals surface area (Å²) in [5.41, 5.74) is 7.32. The molecule has 11 heteroatoms. The molecule has 25 heavy (non-hydrogen) atoms. The third-order valence-electron chi connectivity index (χ3n) is 4.03. The molecule has 1 unspecified atom stereocenters. The van der Waals surface area contributed by atoms with E-state index in [2.05, 4.69) is 15.1 Å². The van der Waals surface area contributed by atoms with Gasteiger partial charge in [-0.1, -0.05) is 0 Å². The summed E-state index contributed by atoms with van der Waals surface area (Å²) in [5, 5.41) is 14.2. The lowest BCUT2D eigenvalue weighted by atomic mass is 10.0. The van der Waals surface area contributed by atoms with E-state index < -0.39 is 12.0 Å². The van der Waals surface area contributed by atoms with Crippen LogP contribution in [0, 0.1) is 6.92 Å². The highest BCUT2D eigenvalue weighted by Gasteiger charge is 2.51. The molecule has 130 valence electrons. The summed E-state index contributed by atoms with van der Waals surface area (Å²) in [7, 11) is 0. The average Bonchev–Trinajstić information content (AvgIpc) is 3.06. The Balaban J connectivity index is 1.63. The van der Waals surface area contributed by atoms with Crippen molar-refractivity contribution in [3.63, 3.8) is 0 Å². The molecule has 3 N–H and O–H groups in total. The van der Waals surface area contributed by atoms with Crippen molar-refractivity contribution in [1.82, 2.24) is 24.5 Å². The van der Waals surface area contributed by atoms with Gasteiger partial charge in [0.1, 0.15) is 28.5 Å². The van der Waals surface area contributed by atoms with Crippen molar-refractivity contribution in [2.24, 2.45) is 5.73 Å². The minimum Gasteiger partial charge on any atom is -0.477 e. The number of hydrogen-bond acceptors (Lipinski definition) is 8. The van der Waals surface area contributed by atoms with Gasteiger partial charge < -0.3 is 10.8 Å².